The first kappa shape index (κ1) is 22.6. The normalized spacial score (nSPS) is 13.8. The third-order valence-electron chi connectivity index (χ3n) is 5.04. The van der Waals surface area contributed by atoms with E-state index < -0.39 is 5.97 Å². The highest BCUT2D eigenvalue weighted by Gasteiger charge is 2.25. The van der Waals surface area contributed by atoms with Crippen LogP contribution in [0.4, 0.5) is 4.79 Å². The number of aryl methyl sites for hydroxylation is 1. The third kappa shape index (κ3) is 5.16. The first-order chi connectivity index (χ1) is 14.8. The van der Waals surface area contributed by atoms with Crippen LogP contribution in [0.2, 0.25) is 5.02 Å². The molecule has 1 saturated heterocycles. The number of piperazine rings is 1. The molecular formula is C21H25ClN4O5. The van der Waals surface area contributed by atoms with Gasteiger partial charge in [-0.15, -0.1) is 0 Å². The first-order valence-electron chi connectivity index (χ1n) is 10.0. The predicted molar refractivity (Wildman–Crippen MR) is 114 cm³/mol. The molecule has 1 aliphatic rings. The number of rotatable bonds is 5. The van der Waals surface area contributed by atoms with Crippen LogP contribution in [0.25, 0.3) is 5.69 Å². The Labute approximate surface area is 185 Å². The van der Waals surface area contributed by atoms with E-state index in [1.165, 1.54) is 0 Å². The van der Waals surface area contributed by atoms with Crippen LogP contribution < -0.4 is 0 Å². The number of carbonyl (C=O) groups excluding carboxylic acids is 3. The molecule has 31 heavy (non-hydrogen) atoms. The van der Waals surface area contributed by atoms with E-state index in [1.807, 2.05) is 13.8 Å². The van der Waals surface area contributed by atoms with Crippen molar-refractivity contribution in [3.05, 3.63) is 46.2 Å². The maximum atomic E-state index is 12.3. The largest absolute Gasteiger partial charge is 0.452 e. The second-order valence-corrected chi connectivity index (χ2v) is 7.46. The van der Waals surface area contributed by atoms with Gasteiger partial charge in [0, 0.05) is 26.2 Å². The van der Waals surface area contributed by atoms with E-state index in [0.29, 0.717) is 43.4 Å². The van der Waals surface area contributed by atoms with Gasteiger partial charge >= 0.3 is 12.1 Å². The van der Waals surface area contributed by atoms with Gasteiger partial charge in [-0.1, -0.05) is 11.6 Å². The summed E-state index contributed by atoms with van der Waals surface area (Å²) in [6, 6.07) is 6.71. The number of hydrogen-bond acceptors (Lipinski definition) is 6. The molecule has 0 N–H and O–H groups in total. The topological polar surface area (TPSA) is 94.0 Å². The van der Waals surface area contributed by atoms with Gasteiger partial charge in [-0.2, -0.15) is 5.10 Å². The van der Waals surface area contributed by atoms with Crippen molar-refractivity contribution in [2.75, 3.05) is 39.4 Å². The van der Waals surface area contributed by atoms with Crippen molar-refractivity contribution in [1.29, 1.82) is 0 Å². The number of esters is 1. The highest BCUT2D eigenvalue weighted by Crippen LogP contribution is 2.22. The van der Waals surface area contributed by atoms with E-state index >= 15 is 0 Å². The average molecular weight is 449 g/mol. The number of halogens is 1. The van der Waals surface area contributed by atoms with Crippen molar-refractivity contribution < 1.29 is 23.9 Å². The van der Waals surface area contributed by atoms with Gasteiger partial charge in [0.15, 0.2) is 6.61 Å². The quantitative estimate of drug-likeness (QED) is 0.652. The Kier molecular flexibility index (Phi) is 7.17. The zero-order chi connectivity index (χ0) is 22.5. The van der Waals surface area contributed by atoms with Gasteiger partial charge in [0.1, 0.15) is 0 Å². The Morgan fingerprint density at radius 2 is 1.61 bits per heavy atom. The monoisotopic (exact) mass is 448 g/mol. The molecule has 3 rings (SSSR count). The lowest BCUT2D eigenvalue weighted by Gasteiger charge is -2.33. The van der Waals surface area contributed by atoms with Gasteiger partial charge in [-0.3, -0.25) is 4.79 Å². The molecule has 9 nitrogen and oxygen atoms in total. The third-order valence-corrected chi connectivity index (χ3v) is 5.58. The van der Waals surface area contributed by atoms with E-state index in [2.05, 4.69) is 5.10 Å². The smallest absolute Gasteiger partial charge is 0.409 e. The maximum absolute atomic E-state index is 12.3. The second-order valence-electron chi connectivity index (χ2n) is 7.09. The Bertz CT molecular complexity index is 965. The molecule has 10 heteroatoms. The molecule has 2 amide bonds. The second kappa shape index (κ2) is 9.82. The van der Waals surface area contributed by atoms with E-state index in [-0.39, 0.29) is 18.6 Å². The maximum Gasteiger partial charge on any atom is 0.409 e. The highest BCUT2D eigenvalue weighted by atomic mass is 35.5. The van der Waals surface area contributed by atoms with Crippen molar-refractivity contribution >= 4 is 29.6 Å². The van der Waals surface area contributed by atoms with E-state index in [9.17, 15) is 14.4 Å². The minimum atomic E-state index is -0.587. The van der Waals surface area contributed by atoms with Gasteiger partial charge in [-0.05, 0) is 45.0 Å². The van der Waals surface area contributed by atoms with Crippen molar-refractivity contribution in [3.63, 3.8) is 0 Å². The molecule has 1 fully saturated rings. The van der Waals surface area contributed by atoms with Gasteiger partial charge < -0.3 is 19.3 Å². The molecule has 1 aromatic heterocycles. The summed E-state index contributed by atoms with van der Waals surface area (Å²) in [6.07, 6.45) is -0.382. The van der Waals surface area contributed by atoms with Crippen molar-refractivity contribution in [1.82, 2.24) is 19.6 Å². The molecule has 2 aromatic rings. The van der Waals surface area contributed by atoms with Crippen LogP contribution in [0.3, 0.4) is 0 Å². The fourth-order valence-electron chi connectivity index (χ4n) is 3.27. The molecular weight excluding hydrogens is 424 g/mol. The van der Waals surface area contributed by atoms with Gasteiger partial charge in [-0.25, -0.2) is 14.3 Å². The van der Waals surface area contributed by atoms with Crippen LogP contribution in [0.5, 0.6) is 0 Å². The van der Waals surface area contributed by atoms with Gasteiger partial charge in [0.25, 0.3) is 5.91 Å². The van der Waals surface area contributed by atoms with E-state index in [4.69, 9.17) is 21.1 Å². The summed E-state index contributed by atoms with van der Waals surface area (Å²) in [6.45, 7) is 6.90. The minimum Gasteiger partial charge on any atom is -0.452 e. The lowest BCUT2D eigenvalue weighted by Crippen LogP contribution is -2.51. The van der Waals surface area contributed by atoms with E-state index in [1.54, 1.807) is 45.7 Å². The SMILES string of the molecule is CCOC(=O)N1CCN(C(=O)COC(=O)c2ccc(-n3nc(C)c(Cl)c3C)cc2)CC1. The van der Waals surface area contributed by atoms with Crippen LogP contribution in [-0.4, -0.2) is 76.9 Å². The van der Waals surface area contributed by atoms with Crippen molar-refractivity contribution in [2.45, 2.75) is 20.8 Å². The molecule has 0 aliphatic carbocycles. The fraction of sp³-hybridized carbons (Fsp3) is 0.429. The molecule has 0 radical (unpaired) electrons. The number of amides is 2. The summed E-state index contributed by atoms with van der Waals surface area (Å²) in [4.78, 5) is 39.5. The summed E-state index contributed by atoms with van der Waals surface area (Å²) in [5, 5.41) is 4.98. The summed E-state index contributed by atoms with van der Waals surface area (Å²) >= 11 is 6.18. The predicted octanol–water partition coefficient (Wildman–Crippen LogP) is 2.60. The summed E-state index contributed by atoms with van der Waals surface area (Å²) in [7, 11) is 0. The molecule has 0 saturated carbocycles. The van der Waals surface area contributed by atoms with Gasteiger partial charge in [0.2, 0.25) is 0 Å². The number of hydrogen-bond donors (Lipinski definition) is 0. The summed E-state index contributed by atoms with van der Waals surface area (Å²) in [5.74, 6) is -0.887. The van der Waals surface area contributed by atoms with Crippen LogP contribution in [0.1, 0.15) is 28.7 Å². The molecule has 1 aromatic carbocycles. The standard InChI is InChI=1S/C21H25ClN4O5/c1-4-30-21(29)25-11-9-24(10-12-25)18(27)13-31-20(28)16-5-7-17(8-6-16)26-15(3)19(22)14(2)23-26/h5-8H,4,9-13H2,1-3H3. The van der Waals surface area contributed by atoms with Crippen molar-refractivity contribution in [2.24, 2.45) is 0 Å². The van der Waals surface area contributed by atoms with Crippen LogP contribution in [-0.2, 0) is 14.3 Å². The van der Waals surface area contributed by atoms with Crippen molar-refractivity contribution in [3.8, 4) is 5.69 Å². The summed E-state index contributed by atoms with van der Waals surface area (Å²) in [5.41, 5.74) is 2.63. The molecule has 2 heterocycles. The molecule has 0 atom stereocenters. The lowest BCUT2D eigenvalue weighted by molar-refractivity contribution is -0.136. The highest BCUT2D eigenvalue weighted by molar-refractivity contribution is 6.31. The first-order valence-corrected chi connectivity index (χ1v) is 10.4. The molecule has 0 spiro atoms. The average Bonchev–Trinajstić information content (AvgIpc) is 3.05. The zero-order valence-electron chi connectivity index (χ0n) is 17.8. The minimum absolute atomic E-state index is 0.300. The number of carbonyl (C=O) groups is 3. The molecule has 0 unspecified atom stereocenters. The Hall–Kier alpha value is -3.07. The lowest BCUT2D eigenvalue weighted by atomic mass is 10.2. The Morgan fingerprint density at radius 3 is 2.16 bits per heavy atom. The fourth-order valence-corrected chi connectivity index (χ4v) is 3.39. The van der Waals surface area contributed by atoms with E-state index in [0.717, 1.165) is 17.1 Å². The van der Waals surface area contributed by atoms with Crippen LogP contribution >= 0.6 is 11.6 Å². The summed E-state index contributed by atoms with van der Waals surface area (Å²) < 4.78 is 11.8. The zero-order valence-corrected chi connectivity index (χ0v) is 18.5. The molecule has 166 valence electrons. The number of benzene rings is 1. The Morgan fingerprint density at radius 1 is 1.00 bits per heavy atom. The van der Waals surface area contributed by atoms with Gasteiger partial charge in [0.05, 0.1) is 34.3 Å². The molecule has 0 bridgehead atoms. The van der Waals surface area contributed by atoms with Crippen LogP contribution in [0, 0.1) is 13.8 Å². The number of ether oxygens (including phenoxy) is 2. The Balaban J connectivity index is 1.51. The number of nitrogens with zero attached hydrogens (tertiary/aromatic N) is 4. The molecule has 1 aliphatic heterocycles. The number of aromatic nitrogens is 2. The van der Waals surface area contributed by atoms with Crippen LogP contribution in [0.15, 0.2) is 24.3 Å².